The smallest absolute Gasteiger partial charge is 0.171 e. The summed E-state index contributed by atoms with van der Waals surface area (Å²) in [5.41, 5.74) is 1.79. The van der Waals surface area contributed by atoms with E-state index in [1.165, 1.54) is 0 Å². The maximum absolute atomic E-state index is 5.82. The van der Waals surface area contributed by atoms with Crippen LogP contribution in [0.2, 0.25) is 5.15 Å². The van der Waals surface area contributed by atoms with Crippen LogP contribution in [-0.2, 0) is 6.54 Å². The molecule has 2 heterocycles. The van der Waals surface area contributed by atoms with Crippen LogP contribution < -0.4 is 5.32 Å². The van der Waals surface area contributed by atoms with Crippen LogP contribution >= 0.6 is 22.9 Å². The molecule has 0 unspecified atom stereocenters. The topological polar surface area (TPSA) is 50.7 Å². The Balaban J connectivity index is 2.02. The molecule has 0 aromatic carbocycles. The van der Waals surface area contributed by atoms with Crippen LogP contribution in [0.3, 0.4) is 0 Å². The fourth-order valence-corrected chi connectivity index (χ4v) is 1.65. The Labute approximate surface area is 90.0 Å². The average molecular weight is 227 g/mol. The molecule has 2 aromatic rings. The first kappa shape index (κ1) is 9.36. The number of nitrogens with zero attached hydrogens (tertiary/aromatic N) is 3. The van der Waals surface area contributed by atoms with Crippen molar-refractivity contribution in [2.24, 2.45) is 0 Å². The molecule has 2 rings (SSSR count). The molecular formula is C8H7ClN4S. The van der Waals surface area contributed by atoms with Gasteiger partial charge in [-0.15, -0.1) is 11.3 Å². The molecular weight excluding hydrogens is 220 g/mol. The first-order valence-electron chi connectivity index (χ1n) is 3.94. The van der Waals surface area contributed by atoms with Crippen LogP contribution in [-0.4, -0.2) is 15.0 Å². The normalized spacial score (nSPS) is 10.1. The van der Waals surface area contributed by atoms with Gasteiger partial charge in [-0.3, -0.25) is 4.98 Å². The zero-order chi connectivity index (χ0) is 9.80. The maximum atomic E-state index is 5.82. The van der Waals surface area contributed by atoms with Gasteiger partial charge in [0.2, 0.25) is 0 Å². The van der Waals surface area contributed by atoms with Gasteiger partial charge in [-0.25, -0.2) is 9.97 Å². The van der Waals surface area contributed by atoms with Gasteiger partial charge in [-0.1, -0.05) is 11.6 Å². The third-order valence-corrected chi connectivity index (χ3v) is 2.62. The van der Waals surface area contributed by atoms with Crippen molar-refractivity contribution in [3.8, 4) is 0 Å². The first-order chi connectivity index (χ1) is 6.86. The molecule has 0 bridgehead atoms. The van der Waals surface area contributed by atoms with Crippen molar-refractivity contribution in [2.45, 2.75) is 6.54 Å². The van der Waals surface area contributed by atoms with Crippen LogP contribution in [0.1, 0.15) is 4.88 Å². The third-order valence-electron chi connectivity index (χ3n) is 1.57. The van der Waals surface area contributed by atoms with Crippen LogP contribution in [0.4, 0.5) is 5.82 Å². The van der Waals surface area contributed by atoms with E-state index in [4.69, 9.17) is 11.6 Å². The summed E-state index contributed by atoms with van der Waals surface area (Å²) in [5.74, 6) is 0.600. The average Bonchev–Trinajstić information content (AvgIpc) is 2.69. The molecule has 0 aliphatic carbocycles. The fraction of sp³-hybridized carbons (Fsp3) is 0.125. The van der Waals surface area contributed by atoms with E-state index < -0.39 is 0 Å². The number of anilines is 1. The Kier molecular flexibility index (Phi) is 2.90. The highest BCUT2D eigenvalue weighted by Crippen LogP contribution is 2.16. The van der Waals surface area contributed by atoms with Crippen molar-refractivity contribution in [3.63, 3.8) is 0 Å². The molecule has 0 saturated heterocycles. The zero-order valence-electron chi connectivity index (χ0n) is 7.14. The summed E-state index contributed by atoms with van der Waals surface area (Å²) in [6.45, 7) is 0.670. The highest BCUT2D eigenvalue weighted by Gasteiger charge is 2.01. The lowest BCUT2D eigenvalue weighted by molar-refractivity contribution is 1.10. The van der Waals surface area contributed by atoms with E-state index in [0.29, 0.717) is 17.5 Å². The van der Waals surface area contributed by atoms with Gasteiger partial charge in [0.05, 0.1) is 12.1 Å². The number of nitrogens with one attached hydrogen (secondary N) is 1. The van der Waals surface area contributed by atoms with Gasteiger partial charge in [-0.05, 0) is 0 Å². The number of aromatic nitrogens is 3. The van der Waals surface area contributed by atoms with E-state index in [1.54, 1.807) is 29.2 Å². The molecule has 6 heteroatoms. The molecule has 14 heavy (non-hydrogen) atoms. The Morgan fingerprint density at radius 1 is 1.36 bits per heavy atom. The molecule has 0 atom stereocenters. The molecule has 0 radical (unpaired) electrons. The first-order valence-corrected chi connectivity index (χ1v) is 5.20. The second-order valence-corrected chi connectivity index (χ2v) is 3.85. The van der Waals surface area contributed by atoms with E-state index >= 15 is 0 Å². The Morgan fingerprint density at radius 2 is 2.21 bits per heavy atom. The van der Waals surface area contributed by atoms with Crippen LogP contribution in [0.25, 0.3) is 0 Å². The standard InChI is InChI=1S/C8H7ClN4S/c9-7-8(12-2-1-11-7)13-4-6-3-10-5-14-6/h1-3,5H,4H2,(H,12,13). The largest absolute Gasteiger partial charge is 0.363 e. The van der Waals surface area contributed by atoms with Gasteiger partial charge in [0.25, 0.3) is 0 Å². The lowest BCUT2D eigenvalue weighted by atomic mass is 10.5. The van der Waals surface area contributed by atoms with Gasteiger partial charge in [0.1, 0.15) is 0 Å². The van der Waals surface area contributed by atoms with Gasteiger partial charge in [-0.2, -0.15) is 0 Å². The molecule has 4 nitrogen and oxygen atoms in total. The van der Waals surface area contributed by atoms with Crippen molar-refractivity contribution in [3.05, 3.63) is 34.1 Å². The van der Waals surface area contributed by atoms with Crippen LogP contribution in [0.5, 0.6) is 0 Å². The minimum Gasteiger partial charge on any atom is -0.363 e. The summed E-state index contributed by atoms with van der Waals surface area (Å²) in [6, 6.07) is 0. The lowest BCUT2D eigenvalue weighted by Crippen LogP contribution is -2.00. The Morgan fingerprint density at radius 3 is 2.93 bits per heavy atom. The van der Waals surface area contributed by atoms with E-state index in [-0.39, 0.29) is 0 Å². The number of halogens is 1. The molecule has 1 N–H and O–H groups in total. The molecule has 0 amide bonds. The maximum Gasteiger partial charge on any atom is 0.171 e. The Bertz CT molecular complexity index is 403. The zero-order valence-corrected chi connectivity index (χ0v) is 8.72. The van der Waals surface area contributed by atoms with Gasteiger partial charge >= 0.3 is 0 Å². The molecule has 0 fully saturated rings. The minimum atomic E-state index is 0.386. The summed E-state index contributed by atoms with van der Waals surface area (Å²) in [4.78, 5) is 13.1. The monoisotopic (exact) mass is 226 g/mol. The van der Waals surface area contributed by atoms with Gasteiger partial charge < -0.3 is 5.32 Å². The Hall–Kier alpha value is -1.20. The highest BCUT2D eigenvalue weighted by atomic mass is 35.5. The third kappa shape index (κ3) is 2.18. The molecule has 2 aromatic heterocycles. The lowest BCUT2D eigenvalue weighted by Gasteiger charge is -2.03. The van der Waals surface area contributed by atoms with Crippen molar-refractivity contribution < 1.29 is 0 Å². The van der Waals surface area contributed by atoms with Crippen molar-refractivity contribution in [1.82, 2.24) is 15.0 Å². The van der Waals surface area contributed by atoms with Crippen LogP contribution in [0.15, 0.2) is 24.1 Å². The van der Waals surface area contributed by atoms with Gasteiger partial charge in [0, 0.05) is 23.5 Å². The number of thiazole rings is 1. The van der Waals surface area contributed by atoms with E-state index in [2.05, 4.69) is 20.3 Å². The minimum absolute atomic E-state index is 0.386. The van der Waals surface area contributed by atoms with Crippen molar-refractivity contribution in [1.29, 1.82) is 0 Å². The second-order valence-electron chi connectivity index (χ2n) is 2.52. The summed E-state index contributed by atoms with van der Waals surface area (Å²) in [5, 5.41) is 3.47. The predicted octanol–water partition coefficient (Wildman–Crippen LogP) is 2.20. The number of hydrogen-bond acceptors (Lipinski definition) is 5. The summed E-state index contributed by atoms with van der Waals surface area (Å²) in [7, 11) is 0. The summed E-state index contributed by atoms with van der Waals surface area (Å²) in [6.07, 6.45) is 4.96. The fourth-order valence-electron chi connectivity index (χ4n) is 0.940. The summed E-state index contributed by atoms with van der Waals surface area (Å²) >= 11 is 7.40. The van der Waals surface area contributed by atoms with E-state index in [9.17, 15) is 0 Å². The summed E-state index contributed by atoms with van der Waals surface area (Å²) < 4.78 is 0. The quantitative estimate of drug-likeness (QED) is 0.872. The van der Waals surface area contributed by atoms with E-state index in [0.717, 1.165) is 4.88 Å². The van der Waals surface area contributed by atoms with Crippen molar-refractivity contribution in [2.75, 3.05) is 5.32 Å². The second kappa shape index (κ2) is 4.34. The molecule has 0 spiro atoms. The number of rotatable bonds is 3. The van der Waals surface area contributed by atoms with Gasteiger partial charge in [0.15, 0.2) is 11.0 Å². The molecule has 0 aliphatic heterocycles. The SMILES string of the molecule is Clc1nccnc1NCc1cncs1. The molecule has 0 aliphatic rings. The highest BCUT2D eigenvalue weighted by molar-refractivity contribution is 7.09. The van der Waals surface area contributed by atoms with Crippen molar-refractivity contribution >= 4 is 28.8 Å². The predicted molar refractivity (Wildman–Crippen MR) is 56.5 cm³/mol. The molecule has 0 saturated carbocycles. The molecule has 72 valence electrons. The van der Waals surface area contributed by atoms with E-state index in [1.807, 2.05) is 6.20 Å². The van der Waals surface area contributed by atoms with Crippen LogP contribution in [0, 0.1) is 0 Å². The number of hydrogen-bond donors (Lipinski definition) is 1.